The Hall–Kier alpha value is -2.63. The molecule has 0 fully saturated rings. The average molecular weight is 406 g/mol. The van der Waals surface area contributed by atoms with Crippen LogP contribution in [0.15, 0.2) is 23.2 Å². The van der Waals surface area contributed by atoms with Crippen LogP contribution in [0.25, 0.3) is 5.82 Å². The van der Waals surface area contributed by atoms with Crippen LogP contribution in [0.1, 0.15) is 36.3 Å². The Bertz CT molecular complexity index is 953. The number of pyridine rings is 1. The Morgan fingerprint density at radius 3 is 2.41 bits per heavy atom. The first kappa shape index (κ1) is 20.7. The quantitative estimate of drug-likeness (QED) is 0.758. The third-order valence-electron chi connectivity index (χ3n) is 3.73. The molecule has 8 nitrogen and oxygen atoms in total. The molecule has 2 rings (SSSR count). The van der Waals surface area contributed by atoms with Crippen LogP contribution in [0.5, 0.6) is 0 Å². The SMILES string of the molecule is CCC(C)Nc1c(C(=O)O)c(C(F)(F)F)nn1-c1ccc(S(C)(=O)=O)cn1. The average Bonchev–Trinajstić information content (AvgIpc) is 2.93. The van der Waals surface area contributed by atoms with E-state index in [-0.39, 0.29) is 22.6 Å². The van der Waals surface area contributed by atoms with Crippen molar-refractivity contribution in [3.05, 3.63) is 29.6 Å². The van der Waals surface area contributed by atoms with Gasteiger partial charge in [-0.05, 0) is 25.5 Å². The number of alkyl halides is 3. The van der Waals surface area contributed by atoms with Crippen molar-refractivity contribution in [3.8, 4) is 5.82 Å². The molecular weight excluding hydrogens is 389 g/mol. The number of sulfone groups is 1. The molecule has 0 aliphatic carbocycles. The number of carboxylic acids is 1. The molecule has 1 atom stereocenters. The fourth-order valence-corrected chi connectivity index (χ4v) is 2.73. The van der Waals surface area contributed by atoms with Crippen LogP contribution in [0.4, 0.5) is 19.0 Å². The molecule has 0 radical (unpaired) electrons. The molecule has 0 amide bonds. The van der Waals surface area contributed by atoms with Gasteiger partial charge in [0.15, 0.2) is 21.3 Å². The van der Waals surface area contributed by atoms with E-state index in [4.69, 9.17) is 0 Å². The first-order valence-corrected chi connectivity index (χ1v) is 9.62. The minimum Gasteiger partial charge on any atom is -0.477 e. The third-order valence-corrected chi connectivity index (χ3v) is 4.83. The lowest BCUT2D eigenvalue weighted by Gasteiger charge is -2.15. The van der Waals surface area contributed by atoms with Crippen LogP contribution >= 0.6 is 0 Å². The van der Waals surface area contributed by atoms with Crippen LogP contribution in [0, 0.1) is 0 Å². The van der Waals surface area contributed by atoms with Crippen LogP contribution < -0.4 is 5.32 Å². The highest BCUT2D eigenvalue weighted by Crippen LogP contribution is 2.36. The molecule has 0 spiro atoms. The molecular formula is C15H17F3N4O4S. The summed E-state index contributed by atoms with van der Waals surface area (Å²) >= 11 is 0. The first-order chi connectivity index (χ1) is 12.4. The second kappa shape index (κ2) is 7.18. The van der Waals surface area contributed by atoms with E-state index in [0.29, 0.717) is 11.1 Å². The van der Waals surface area contributed by atoms with E-state index in [1.807, 2.05) is 0 Å². The standard InChI is InChI=1S/C15H17F3N4O4S/c1-4-8(2)20-13-11(14(23)24)12(15(16,17)18)21-22(13)10-6-5-9(7-19-10)27(3,25)26/h5-8,20H,4H2,1-3H3,(H,23,24). The number of aromatic nitrogens is 3. The number of carboxylic acid groups (broad SMARTS) is 1. The van der Waals surface area contributed by atoms with Crippen LogP contribution in [-0.2, 0) is 16.0 Å². The first-order valence-electron chi connectivity index (χ1n) is 7.72. The van der Waals surface area contributed by atoms with Crippen molar-refractivity contribution in [2.75, 3.05) is 11.6 Å². The number of halogens is 3. The molecule has 12 heteroatoms. The molecule has 0 aliphatic rings. The van der Waals surface area contributed by atoms with Gasteiger partial charge in [0.25, 0.3) is 0 Å². The molecule has 2 aromatic rings. The maximum atomic E-state index is 13.3. The Balaban J connectivity index is 2.72. The van der Waals surface area contributed by atoms with E-state index in [0.717, 1.165) is 24.6 Å². The number of nitrogens with zero attached hydrogens (tertiary/aromatic N) is 3. The van der Waals surface area contributed by atoms with Gasteiger partial charge in [-0.25, -0.2) is 18.2 Å². The fraction of sp³-hybridized carbons (Fsp3) is 0.400. The van der Waals surface area contributed by atoms with Crippen molar-refractivity contribution >= 4 is 21.6 Å². The van der Waals surface area contributed by atoms with Crippen LogP contribution in [-0.4, -0.2) is 46.6 Å². The van der Waals surface area contributed by atoms with Crippen LogP contribution in [0.3, 0.4) is 0 Å². The number of nitrogens with one attached hydrogen (secondary N) is 1. The highest BCUT2D eigenvalue weighted by atomic mass is 32.2. The normalized spacial score (nSPS) is 13.4. The zero-order valence-electron chi connectivity index (χ0n) is 14.6. The Morgan fingerprint density at radius 1 is 1.37 bits per heavy atom. The summed E-state index contributed by atoms with van der Waals surface area (Å²) in [6.45, 7) is 3.43. The zero-order valence-corrected chi connectivity index (χ0v) is 15.4. The fourth-order valence-electron chi connectivity index (χ4n) is 2.17. The monoisotopic (exact) mass is 406 g/mol. The van der Waals surface area contributed by atoms with Gasteiger partial charge in [0.2, 0.25) is 0 Å². The minimum absolute atomic E-state index is 0.135. The summed E-state index contributed by atoms with van der Waals surface area (Å²) in [5.74, 6) is -2.35. The van der Waals surface area contributed by atoms with E-state index < -0.39 is 33.2 Å². The summed E-state index contributed by atoms with van der Waals surface area (Å²) in [6.07, 6.45) is -2.57. The second-order valence-corrected chi connectivity index (χ2v) is 7.88. The number of aromatic carboxylic acids is 1. The number of anilines is 1. The predicted octanol–water partition coefficient (Wildman–Crippen LogP) is 2.60. The van der Waals surface area contributed by atoms with Crippen molar-refractivity contribution < 1.29 is 31.5 Å². The van der Waals surface area contributed by atoms with E-state index >= 15 is 0 Å². The van der Waals surface area contributed by atoms with Gasteiger partial charge in [-0.15, -0.1) is 0 Å². The number of hydrogen-bond donors (Lipinski definition) is 2. The number of hydrogen-bond acceptors (Lipinski definition) is 6. The number of rotatable bonds is 6. The molecule has 27 heavy (non-hydrogen) atoms. The van der Waals surface area contributed by atoms with Gasteiger partial charge in [-0.3, -0.25) is 0 Å². The Kier molecular flexibility index (Phi) is 5.50. The van der Waals surface area contributed by atoms with E-state index in [1.54, 1.807) is 13.8 Å². The van der Waals surface area contributed by atoms with E-state index in [9.17, 15) is 31.5 Å². The third kappa shape index (κ3) is 4.38. The highest BCUT2D eigenvalue weighted by Gasteiger charge is 2.42. The van der Waals surface area contributed by atoms with Gasteiger partial charge in [0.1, 0.15) is 11.4 Å². The van der Waals surface area contributed by atoms with Gasteiger partial charge in [-0.2, -0.15) is 23.0 Å². The molecule has 148 valence electrons. The minimum atomic E-state index is -5.00. The Morgan fingerprint density at radius 2 is 2.00 bits per heavy atom. The molecule has 2 aromatic heterocycles. The van der Waals surface area contributed by atoms with E-state index in [2.05, 4.69) is 15.4 Å². The summed E-state index contributed by atoms with van der Waals surface area (Å²) in [6, 6.07) is 1.95. The maximum Gasteiger partial charge on any atom is 0.436 e. The smallest absolute Gasteiger partial charge is 0.436 e. The molecule has 0 aromatic carbocycles. The topological polar surface area (TPSA) is 114 Å². The summed E-state index contributed by atoms with van der Waals surface area (Å²) in [5.41, 5.74) is -2.61. The maximum absolute atomic E-state index is 13.3. The number of carbonyl (C=O) groups is 1. The predicted molar refractivity (Wildman–Crippen MR) is 89.8 cm³/mol. The van der Waals surface area contributed by atoms with Gasteiger partial charge >= 0.3 is 12.1 Å². The highest BCUT2D eigenvalue weighted by molar-refractivity contribution is 7.90. The largest absolute Gasteiger partial charge is 0.477 e. The molecule has 0 bridgehead atoms. The summed E-state index contributed by atoms with van der Waals surface area (Å²) in [7, 11) is -3.56. The van der Waals surface area contributed by atoms with Crippen molar-refractivity contribution in [1.82, 2.24) is 14.8 Å². The molecule has 0 saturated carbocycles. The van der Waals surface area contributed by atoms with Gasteiger partial charge in [0.05, 0.1) is 4.90 Å². The van der Waals surface area contributed by atoms with Crippen molar-refractivity contribution in [1.29, 1.82) is 0 Å². The summed E-state index contributed by atoms with van der Waals surface area (Å²) in [5, 5.41) is 15.4. The van der Waals surface area contributed by atoms with Gasteiger partial charge in [0, 0.05) is 18.5 Å². The van der Waals surface area contributed by atoms with E-state index in [1.165, 1.54) is 0 Å². The molecule has 2 heterocycles. The molecule has 2 N–H and O–H groups in total. The Labute approximate surface area is 152 Å². The molecule has 0 saturated heterocycles. The molecule has 0 aliphatic heterocycles. The van der Waals surface area contributed by atoms with Gasteiger partial charge in [-0.1, -0.05) is 6.92 Å². The summed E-state index contributed by atoms with van der Waals surface area (Å²) in [4.78, 5) is 15.2. The lowest BCUT2D eigenvalue weighted by atomic mass is 10.2. The zero-order chi connectivity index (χ0) is 20.6. The van der Waals surface area contributed by atoms with Crippen molar-refractivity contribution in [2.45, 2.75) is 37.4 Å². The lowest BCUT2D eigenvalue weighted by molar-refractivity contribution is -0.141. The summed E-state index contributed by atoms with van der Waals surface area (Å²) < 4.78 is 63.6. The van der Waals surface area contributed by atoms with Gasteiger partial charge < -0.3 is 10.4 Å². The lowest BCUT2D eigenvalue weighted by Crippen LogP contribution is -2.19. The molecule has 1 unspecified atom stereocenters. The second-order valence-electron chi connectivity index (χ2n) is 5.86. The van der Waals surface area contributed by atoms with Crippen molar-refractivity contribution in [3.63, 3.8) is 0 Å². The van der Waals surface area contributed by atoms with Crippen molar-refractivity contribution in [2.24, 2.45) is 0 Å². The van der Waals surface area contributed by atoms with Crippen LogP contribution in [0.2, 0.25) is 0 Å².